The maximum Gasteiger partial charge on any atom is 0.411 e. The van der Waals surface area contributed by atoms with Gasteiger partial charge in [-0.25, -0.2) is 0 Å². The van der Waals surface area contributed by atoms with Gasteiger partial charge in [-0.05, 0) is 25.0 Å². The van der Waals surface area contributed by atoms with Crippen molar-refractivity contribution in [1.82, 2.24) is 4.98 Å². The van der Waals surface area contributed by atoms with Crippen LogP contribution >= 0.6 is 0 Å². The lowest BCUT2D eigenvalue weighted by molar-refractivity contribution is -0.174. The highest BCUT2D eigenvalue weighted by molar-refractivity contribution is 5.03. The first-order valence-corrected chi connectivity index (χ1v) is 4.62. The number of hydrogen-bond donors (Lipinski definition) is 0. The predicted octanol–water partition coefficient (Wildman–Crippen LogP) is 2.59. The molecule has 0 fully saturated rings. The van der Waals surface area contributed by atoms with Gasteiger partial charge in [-0.1, -0.05) is 6.07 Å². The standard InChI is InChI=1S/C10H12F3NO/c11-10(12,13)8-15-7-3-5-9-4-1-2-6-14-9/h1-2,4,6H,3,5,7-8H2. The number of ether oxygens (including phenoxy) is 1. The topological polar surface area (TPSA) is 22.1 Å². The summed E-state index contributed by atoms with van der Waals surface area (Å²) in [5.41, 5.74) is 0.869. The maximum absolute atomic E-state index is 11.7. The van der Waals surface area contributed by atoms with E-state index in [4.69, 9.17) is 0 Å². The Kier molecular flexibility index (Phi) is 4.55. The molecule has 0 unspecified atom stereocenters. The third kappa shape index (κ3) is 6.06. The van der Waals surface area contributed by atoms with E-state index in [0.717, 1.165) is 5.69 Å². The highest BCUT2D eigenvalue weighted by Gasteiger charge is 2.27. The van der Waals surface area contributed by atoms with E-state index >= 15 is 0 Å². The van der Waals surface area contributed by atoms with Gasteiger partial charge in [-0.15, -0.1) is 0 Å². The average molecular weight is 219 g/mol. The predicted molar refractivity (Wildman–Crippen MR) is 49.4 cm³/mol. The second-order valence-electron chi connectivity index (χ2n) is 3.09. The van der Waals surface area contributed by atoms with Crippen molar-refractivity contribution < 1.29 is 17.9 Å². The Morgan fingerprint density at radius 3 is 2.67 bits per heavy atom. The minimum Gasteiger partial charge on any atom is -0.372 e. The lowest BCUT2D eigenvalue weighted by atomic mass is 10.2. The normalized spacial score (nSPS) is 11.7. The van der Waals surface area contributed by atoms with E-state index in [1.807, 2.05) is 12.1 Å². The summed E-state index contributed by atoms with van der Waals surface area (Å²) < 4.78 is 39.5. The Labute approximate surface area is 86.1 Å². The zero-order valence-corrected chi connectivity index (χ0v) is 8.13. The van der Waals surface area contributed by atoms with Crippen molar-refractivity contribution in [3.8, 4) is 0 Å². The zero-order valence-electron chi connectivity index (χ0n) is 8.13. The van der Waals surface area contributed by atoms with Crippen LogP contribution in [-0.2, 0) is 11.2 Å². The zero-order chi connectivity index (χ0) is 11.1. The highest BCUT2D eigenvalue weighted by Crippen LogP contribution is 2.14. The number of halogens is 3. The van der Waals surface area contributed by atoms with Gasteiger partial charge in [0, 0.05) is 18.5 Å². The van der Waals surface area contributed by atoms with Crippen LogP contribution in [0.2, 0.25) is 0 Å². The monoisotopic (exact) mass is 219 g/mol. The SMILES string of the molecule is FC(F)(F)COCCCc1ccccn1. The van der Waals surface area contributed by atoms with Gasteiger partial charge < -0.3 is 4.74 Å². The van der Waals surface area contributed by atoms with Crippen molar-refractivity contribution in [1.29, 1.82) is 0 Å². The summed E-state index contributed by atoms with van der Waals surface area (Å²) in [6, 6.07) is 5.48. The Hall–Kier alpha value is -1.10. The van der Waals surface area contributed by atoms with Crippen molar-refractivity contribution in [3.63, 3.8) is 0 Å². The lowest BCUT2D eigenvalue weighted by Crippen LogP contribution is -2.17. The van der Waals surface area contributed by atoms with E-state index < -0.39 is 12.8 Å². The summed E-state index contributed by atoms with van der Waals surface area (Å²) in [5.74, 6) is 0. The van der Waals surface area contributed by atoms with Crippen LogP contribution < -0.4 is 0 Å². The molecule has 0 spiro atoms. The third-order valence-corrected chi connectivity index (χ3v) is 1.71. The van der Waals surface area contributed by atoms with E-state index in [1.165, 1.54) is 0 Å². The molecule has 1 rings (SSSR count). The van der Waals surface area contributed by atoms with Crippen molar-refractivity contribution in [2.75, 3.05) is 13.2 Å². The third-order valence-electron chi connectivity index (χ3n) is 1.71. The van der Waals surface area contributed by atoms with Gasteiger partial charge in [-0.2, -0.15) is 13.2 Å². The number of hydrogen-bond acceptors (Lipinski definition) is 2. The molecule has 84 valence electrons. The Balaban J connectivity index is 2.08. The van der Waals surface area contributed by atoms with Gasteiger partial charge in [0.2, 0.25) is 0 Å². The Bertz CT molecular complexity index is 274. The first-order chi connectivity index (χ1) is 7.08. The molecule has 1 aromatic heterocycles. The van der Waals surface area contributed by atoms with Crippen molar-refractivity contribution in [2.45, 2.75) is 19.0 Å². The molecule has 0 saturated carbocycles. The van der Waals surface area contributed by atoms with Gasteiger partial charge in [-0.3, -0.25) is 4.98 Å². The van der Waals surface area contributed by atoms with Crippen LogP contribution in [0.4, 0.5) is 13.2 Å². The van der Waals surface area contributed by atoms with E-state index in [2.05, 4.69) is 9.72 Å². The molecule has 0 atom stereocenters. The molecule has 0 saturated heterocycles. The molecular formula is C10H12F3NO. The Morgan fingerprint density at radius 2 is 2.07 bits per heavy atom. The molecule has 0 aliphatic carbocycles. The van der Waals surface area contributed by atoms with Gasteiger partial charge in [0.1, 0.15) is 6.61 Å². The number of rotatable bonds is 5. The Morgan fingerprint density at radius 1 is 1.27 bits per heavy atom. The molecular weight excluding hydrogens is 207 g/mol. The van der Waals surface area contributed by atoms with Gasteiger partial charge in [0.05, 0.1) is 0 Å². The van der Waals surface area contributed by atoms with Crippen LogP contribution in [-0.4, -0.2) is 24.4 Å². The minimum absolute atomic E-state index is 0.107. The molecule has 0 amide bonds. The smallest absolute Gasteiger partial charge is 0.372 e. The molecule has 0 bridgehead atoms. The van der Waals surface area contributed by atoms with E-state index in [9.17, 15) is 13.2 Å². The minimum atomic E-state index is -4.23. The van der Waals surface area contributed by atoms with Crippen LogP contribution in [0.15, 0.2) is 24.4 Å². The molecule has 0 aliphatic heterocycles. The van der Waals surface area contributed by atoms with E-state index in [0.29, 0.717) is 12.8 Å². The van der Waals surface area contributed by atoms with Crippen molar-refractivity contribution in [3.05, 3.63) is 30.1 Å². The molecule has 0 aromatic carbocycles. The van der Waals surface area contributed by atoms with E-state index in [-0.39, 0.29) is 6.61 Å². The van der Waals surface area contributed by atoms with Gasteiger partial charge >= 0.3 is 6.18 Å². The fraction of sp³-hybridized carbons (Fsp3) is 0.500. The molecule has 0 aliphatic rings. The molecule has 15 heavy (non-hydrogen) atoms. The lowest BCUT2D eigenvalue weighted by Gasteiger charge is -2.06. The fourth-order valence-electron chi connectivity index (χ4n) is 1.09. The first kappa shape index (κ1) is 12.0. The fourth-order valence-corrected chi connectivity index (χ4v) is 1.09. The summed E-state index contributed by atoms with van der Waals surface area (Å²) >= 11 is 0. The van der Waals surface area contributed by atoms with Crippen LogP contribution in [0.5, 0.6) is 0 Å². The largest absolute Gasteiger partial charge is 0.411 e. The van der Waals surface area contributed by atoms with Crippen molar-refractivity contribution >= 4 is 0 Å². The van der Waals surface area contributed by atoms with Crippen LogP contribution in [0.3, 0.4) is 0 Å². The number of alkyl halides is 3. The summed E-state index contributed by atoms with van der Waals surface area (Å²) in [5, 5.41) is 0. The first-order valence-electron chi connectivity index (χ1n) is 4.62. The quantitative estimate of drug-likeness (QED) is 0.710. The molecule has 0 radical (unpaired) electrons. The summed E-state index contributed by atoms with van der Waals surface area (Å²) in [7, 11) is 0. The number of nitrogens with zero attached hydrogens (tertiary/aromatic N) is 1. The van der Waals surface area contributed by atoms with Gasteiger partial charge in [0.25, 0.3) is 0 Å². The second kappa shape index (κ2) is 5.70. The van der Waals surface area contributed by atoms with Crippen LogP contribution in [0, 0.1) is 0 Å². The highest BCUT2D eigenvalue weighted by atomic mass is 19.4. The summed E-state index contributed by atoms with van der Waals surface area (Å²) in [6.45, 7) is -1.06. The second-order valence-corrected chi connectivity index (χ2v) is 3.09. The molecule has 2 nitrogen and oxygen atoms in total. The molecule has 0 N–H and O–H groups in total. The maximum atomic E-state index is 11.7. The average Bonchev–Trinajstić information content (AvgIpc) is 2.17. The summed E-state index contributed by atoms with van der Waals surface area (Å²) in [6.07, 6.45) is -1.39. The van der Waals surface area contributed by atoms with E-state index in [1.54, 1.807) is 12.3 Å². The number of pyridine rings is 1. The number of aromatic nitrogens is 1. The molecule has 5 heteroatoms. The molecule has 1 heterocycles. The number of aryl methyl sites for hydroxylation is 1. The summed E-state index contributed by atoms with van der Waals surface area (Å²) in [4.78, 5) is 4.05. The molecule has 1 aromatic rings. The van der Waals surface area contributed by atoms with Crippen molar-refractivity contribution in [2.24, 2.45) is 0 Å². The van der Waals surface area contributed by atoms with Crippen LogP contribution in [0.25, 0.3) is 0 Å². The van der Waals surface area contributed by atoms with Gasteiger partial charge in [0.15, 0.2) is 0 Å². The van der Waals surface area contributed by atoms with Crippen LogP contribution in [0.1, 0.15) is 12.1 Å².